The zero-order valence-electron chi connectivity index (χ0n) is 17.1. The molecule has 1 amide bonds. The first kappa shape index (κ1) is 20.8. The average Bonchev–Trinajstić information content (AvgIpc) is 2.60. The first-order chi connectivity index (χ1) is 12.7. The lowest BCUT2D eigenvalue weighted by Crippen LogP contribution is -2.30. The van der Waals surface area contributed by atoms with E-state index in [4.69, 9.17) is 9.47 Å². The van der Waals surface area contributed by atoms with E-state index >= 15 is 0 Å². The highest BCUT2D eigenvalue weighted by atomic mass is 16.5. The van der Waals surface area contributed by atoms with Crippen LogP contribution in [0, 0.1) is 0 Å². The van der Waals surface area contributed by atoms with E-state index in [0.717, 1.165) is 11.3 Å². The highest BCUT2D eigenvalue weighted by Gasteiger charge is 2.15. The quantitative estimate of drug-likeness (QED) is 0.798. The minimum atomic E-state index is -0.0529. The number of hydrogen-bond donors (Lipinski definition) is 1. The van der Waals surface area contributed by atoms with Crippen LogP contribution < -0.4 is 14.8 Å². The molecule has 0 spiro atoms. The van der Waals surface area contributed by atoms with Gasteiger partial charge in [0.05, 0.1) is 20.8 Å². The molecule has 2 aromatic rings. The Hall–Kier alpha value is -2.53. The number of nitrogens with zero attached hydrogens (tertiary/aromatic N) is 1. The SMILES string of the molecule is COc1cccc(CN(C)CC(=O)Nc2ccc(C(C)(C)C)cc2)c1OC. The zero-order chi connectivity index (χ0) is 20.0. The summed E-state index contributed by atoms with van der Waals surface area (Å²) in [5.74, 6) is 1.33. The summed E-state index contributed by atoms with van der Waals surface area (Å²) >= 11 is 0. The summed E-state index contributed by atoms with van der Waals surface area (Å²) in [6, 6.07) is 13.8. The molecule has 146 valence electrons. The third-order valence-electron chi connectivity index (χ3n) is 4.37. The number of para-hydroxylation sites is 1. The molecule has 0 saturated carbocycles. The third kappa shape index (κ3) is 5.73. The standard InChI is InChI=1S/C22H30N2O3/c1-22(2,3)17-10-12-18(13-11-17)23-20(25)15-24(4)14-16-8-7-9-19(26-5)21(16)27-6/h7-13H,14-15H2,1-6H3,(H,23,25). The predicted molar refractivity (Wildman–Crippen MR) is 110 cm³/mol. The monoisotopic (exact) mass is 370 g/mol. The molecule has 0 bridgehead atoms. The van der Waals surface area contributed by atoms with Gasteiger partial charge in [0.25, 0.3) is 0 Å². The van der Waals surface area contributed by atoms with Gasteiger partial charge in [0, 0.05) is 17.8 Å². The van der Waals surface area contributed by atoms with Crippen molar-refractivity contribution >= 4 is 11.6 Å². The molecular weight excluding hydrogens is 340 g/mol. The van der Waals surface area contributed by atoms with Crippen LogP contribution in [-0.4, -0.2) is 38.6 Å². The number of hydrogen-bond acceptors (Lipinski definition) is 4. The number of benzene rings is 2. The maximum Gasteiger partial charge on any atom is 0.238 e. The lowest BCUT2D eigenvalue weighted by molar-refractivity contribution is -0.117. The average molecular weight is 370 g/mol. The topological polar surface area (TPSA) is 50.8 Å². The van der Waals surface area contributed by atoms with Crippen LogP contribution in [0.5, 0.6) is 11.5 Å². The third-order valence-corrected chi connectivity index (χ3v) is 4.37. The van der Waals surface area contributed by atoms with Crippen LogP contribution >= 0.6 is 0 Å². The van der Waals surface area contributed by atoms with E-state index in [1.165, 1.54) is 5.56 Å². The van der Waals surface area contributed by atoms with Crippen molar-refractivity contribution in [1.29, 1.82) is 0 Å². The summed E-state index contributed by atoms with van der Waals surface area (Å²) in [7, 11) is 5.14. The van der Waals surface area contributed by atoms with Gasteiger partial charge in [0.1, 0.15) is 0 Å². The van der Waals surface area contributed by atoms with Crippen molar-refractivity contribution in [1.82, 2.24) is 4.90 Å². The second kappa shape index (κ2) is 8.91. The van der Waals surface area contributed by atoms with Gasteiger partial charge in [-0.1, -0.05) is 45.0 Å². The van der Waals surface area contributed by atoms with Crippen molar-refractivity contribution < 1.29 is 14.3 Å². The smallest absolute Gasteiger partial charge is 0.238 e. The number of carbonyl (C=O) groups is 1. The van der Waals surface area contributed by atoms with Crippen LogP contribution in [0.1, 0.15) is 31.9 Å². The Morgan fingerprint density at radius 3 is 2.26 bits per heavy atom. The zero-order valence-corrected chi connectivity index (χ0v) is 17.1. The van der Waals surface area contributed by atoms with Crippen LogP contribution in [-0.2, 0) is 16.8 Å². The van der Waals surface area contributed by atoms with Crippen molar-refractivity contribution in [2.45, 2.75) is 32.7 Å². The number of amides is 1. The number of anilines is 1. The molecule has 0 aliphatic rings. The molecule has 2 aromatic carbocycles. The van der Waals surface area contributed by atoms with Crippen LogP contribution in [0.3, 0.4) is 0 Å². The van der Waals surface area contributed by atoms with E-state index in [1.54, 1.807) is 14.2 Å². The Morgan fingerprint density at radius 2 is 1.70 bits per heavy atom. The lowest BCUT2D eigenvalue weighted by atomic mass is 9.87. The minimum Gasteiger partial charge on any atom is -0.493 e. The van der Waals surface area contributed by atoms with Crippen LogP contribution in [0.25, 0.3) is 0 Å². The number of ether oxygens (including phenoxy) is 2. The normalized spacial score (nSPS) is 11.4. The molecule has 0 heterocycles. The van der Waals surface area contributed by atoms with Gasteiger partial charge in [-0.25, -0.2) is 0 Å². The summed E-state index contributed by atoms with van der Waals surface area (Å²) in [4.78, 5) is 14.3. The minimum absolute atomic E-state index is 0.0529. The fourth-order valence-electron chi connectivity index (χ4n) is 2.92. The molecule has 2 rings (SSSR count). The molecule has 0 aliphatic carbocycles. The summed E-state index contributed by atoms with van der Waals surface area (Å²) in [5, 5.41) is 2.95. The van der Waals surface area contributed by atoms with E-state index < -0.39 is 0 Å². The Bertz CT molecular complexity index is 764. The molecule has 5 nitrogen and oxygen atoms in total. The molecule has 0 saturated heterocycles. The maximum absolute atomic E-state index is 12.4. The molecule has 5 heteroatoms. The predicted octanol–water partition coefficient (Wildman–Crippen LogP) is 4.07. The Kier molecular flexibility index (Phi) is 6.86. The molecule has 0 aliphatic heterocycles. The Labute approximate surface area is 162 Å². The first-order valence-electron chi connectivity index (χ1n) is 9.03. The molecule has 0 atom stereocenters. The van der Waals surface area contributed by atoms with Crippen molar-refractivity contribution in [3.8, 4) is 11.5 Å². The molecule has 0 aromatic heterocycles. The molecule has 1 N–H and O–H groups in total. The largest absolute Gasteiger partial charge is 0.493 e. The Morgan fingerprint density at radius 1 is 1.04 bits per heavy atom. The number of likely N-dealkylation sites (N-methyl/N-ethyl adjacent to an activating group) is 1. The fourth-order valence-corrected chi connectivity index (χ4v) is 2.92. The molecule has 0 unspecified atom stereocenters. The molecule has 0 radical (unpaired) electrons. The van der Waals surface area contributed by atoms with Gasteiger partial charge >= 0.3 is 0 Å². The second-order valence-electron chi connectivity index (χ2n) is 7.70. The van der Waals surface area contributed by atoms with Gasteiger partial charge in [0.15, 0.2) is 11.5 Å². The van der Waals surface area contributed by atoms with E-state index in [0.29, 0.717) is 18.0 Å². The second-order valence-corrected chi connectivity index (χ2v) is 7.70. The summed E-state index contributed by atoms with van der Waals surface area (Å²) in [6.07, 6.45) is 0. The van der Waals surface area contributed by atoms with Crippen molar-refractivity contribution in [3.05, 3.63) is 53.6 Å². The van der Waals surface area contributed by atoms with Gasteiger partial charge in [-0.15, -0.1) is 0 Å². The van der Waals surface area contributed by atoms with E-state index in [-0.39, 0.29) is 17.9 Å². The van der Waals surface area contributed by atoms with Crippen molar-refractivity contribution in [2.24, 2.45) is 0 Å². The van der Waals surface area contributed by atoms with Gasteiger partial charge < -0.3 is 14.8 Å². The maximum atomic E-state index is 12.4. The summed E-state index contributed by atoms with van der Waals surface area (Å²) < 4.78 is 10.8. The molecular formula is C22H30N2O3. The van der Waals surface area contributed by atoms with Gasteiger partial charge in [-0.2, -0.15) is 0 Å². The number of carbonyl (C=O) groups excluding carboxylic acids is 1. The summed E-state index contributed by atoms with van der Waals surface area (Å²) in [6.45, 7) is 7.37. The highest BCUT2D eigenvalue weighted by molar-refractivity contribution is 5.92. The van der Waals surface area contributed by atoms with Crippen LogP contribution in [0.4, 0.5) is 5.69 Å². The van der Waals surface area contributed by atoms with Crippen molar-refractivity contribution in [2.75, 3.05) is 33.1 Å². The molecule has 27 heavy (non-hydrogen) atoms. The number of nitrogens with one attached hydrogen (secondary N) is 1. The van der Waals surface area contributed by atoms with Gasteiger partial charge in [0.2, 0.25) is 5.91 Å². The number of methoxy groups -OCH3 is 2. The first-order valence-corrected chi connectivity index (χ1v) is 9.03. The van der Waals surface area contributed by atoms with E-state index in [1.807, 2.05) is 42.3 Å². The molecule has 0 fully saturated rings. The van der Waals surface area contributed by atoms with Crippen LogP contribution in [0.15, 0.2) is 42.5 Å². The Balaban J connectivity index is 1.96. The highest BCUT2D eigenvalue weighted by Crippen LogP contribution is 2.31. The van der Waals surface area contributed by atoms with Crippen molar-refractivity contribution in [3.63, 3.8) is 0 Å². The fraction of sp³-hybridized carbons (Fsp3) is 0.409. The van der Waals surface area contributed by atoms with Gasteiger partial charge in [-0.3, -0.25) is 9.69 Å². The van der Waals surface area contributed by atoms with Gasteiger partial charge in [-0.05, 0) is 36.2 Å². The summed E-state index contributed by atoms with van der Waals surface area (Å²) in [5.41, 5.74) is 3.11. The van der Waals surface area contributed by atoms with E-state index in [2.05, 4.69) is 38.2 Å². The lowest BCUT2D eigenvalue weighted by Gasteiger charge is -2.20. The van der Waals surface area contributed by atoms with E-state index in [9.17, 15) is 4.79 Å². The number of rotatable bonds is 7. The van der Waals surface area contributed by atoms with Crippen LogP contribution in [0.2, 0.25) is 0 Å².